The van der Waals surface area contributed by atoms with Crippen molar-refractivity contribution in [2.75, 3.05) is 12.0 Å². The Balaban J connectivity index is 2.24. The summed E-state index contributed by atoms with van der Waals surface area (Å²) in [4.78, 5) is 36.6. The fraction of sp³-hybridized carbons (Fsp3) is 0.750. The molecule has 3 atom stereocenters. The second kappa shape index (κ2) is 5.30. The van der Waals surface area contributed by atoms with Crippen molar-refractivity contribution in [1.82, 2.24) is 4.90 Å². The van der Waals surface area contributed by atoms with Gasteiger partial charge in [-0.1, -0.05) is 12.8 Å². The Labute approximate surface area is 110 Å². The SMILES string of the molecule is CSC[C@@H](C(=O)O)N1C(=O)[C@H]2CCCC[C@H]2C1=O. The van der Waals surface area contributed by atoms with Gasteiger partial charge in [0.15, 0.2) is 0 Å². The zero-order valence-electron chi connectivity index (χ0n) is 10.3. The van der Waals surface area contributed by atoms with Gasteiger partial charge < -0.3 is 5.11 Å². The third-order valence-corrected chi connectivity index (χ3v) is 4.45. The Morgan fingerprint density at radius 3 is 2.22 bits per heavy atom. The summed E-state index contributed by atoms with van der Waals surface area (Å²) in [6, 6.07) is -1.01. The molecule has 2 aliphatic rings. The molecule has 0 radical (unpaired) electrons. The predicted molar refractivity (Wildman–Crippen MR) is 67.1 cm³/mol. The number of carboxylic acids is 1. The molecular formula is C12H17NO4S. The van der Waals surface area contributed by atoms with Gasteiger partial charge in [-0.15, -0.1) is 0 Å². The van der Waals surface area contributed by atoms with Gasteiger partial charge >= 0.3 is 5.97 Å². The van der Waals surface area contributed by atoms with Gasteiger partial charge in [-0.25, -0.2) is 4.79 Å². The van der Waals surface area contributed by atoms with Crippen LogP contribution in [-0.2, 0) is 14.4 Å². The Morgan fingerprint density at radius 2 is 1.83 bits per heavy atom. The number of likely N-dealkylation sites (tertiary alicyclic amines) is 1. The minimum atomic E-state index is -1.09. The second-order valence-electron chi connectivity index (χ2n) is 4.85. The first-order valence-corrected chi connectivity index (χ1v) is 7.56. The molecule has 100 valence electrons. The minimum absolute atomic E-state index is 0.256. The van der Waals surface area contributed by atoms with E-state index in [-0.39, 0.29) is 29.4 Å². The molecule has 0 aromatic heterocycles. The highest BCUT2D eigenvalue weighted by Gasteiger charge is 2.51. The van der Waals surface area contributed by atoms with Gasteiger partial charge in [0, 0.05) is 5.75 Å². The lowest BCUT2D eigenvalue weighted by Gasteiger charge is -2.22. The zero-order valence-corrected chi connectivity index (χ0v) is 11.1. The van der Waals surface area contributed by atoms with Crippen LogP contribution in [0.5, 0.6) is 0 Å². The van der Waals surface area contributed by atoms with Gasteiger partial charge in [0.2, 0.25) is 11.8 Å². The number of fused-ring (bicyclic) bond motifs is 1. The number of hydrogen-bond acceptors (Lipinski definition) is 4. The number of carbonyl (C=O) groups is 3. The van der Waals surface area contributed by atoms with Crippen molar-refractivity contribution in [3.63, 3.8) is 0 Å². The first-order valence-electron chi connectivity index (χ1n) is 6.16. The van der Waals surface area contributed by atoms with Crippen molar-refractivity contribution in [3.8, 4) is 0 Å². The van der Waals surface area contributed by atoms with E-state index in [9.17, 15) is 19.5 Å². The van der Waals surface area contributed by atoms with Crippen molar-refractivity contribution in [1.29, 1.82) is 0 Å². The average molecular weight is 271 g/mol. The van der Waals surface area contributed by atoms with Crippen LogP contribution >= 0.6 is 11.8 Å². The van der Waals surface area contributed by atoms with E-state index in [1.165, 1.54) is 11.8 Å². The number of imide groups is 1. The van der Waals surface area contributed by atoms with Crippen LogP contribution in [0.1, 0.15) is 25.7 Å². The van der Waals surface area contributed by atoms with Crippen molar-refractivity contribution < 1.29 is 19.5 Å². The van der Waals surface area contributed by atoms with Gasteiger partial charge in [0.05, 0.1) is 11.8 Å². The smallest absolute Gasteiger partial charge is 0.327 e. The number of carbonyl (C=O) groups excluding carboxylic acids is 2. The lowest BCUT2D eigenvalue weighted by atomic mass is 9.81. The van der Waals surface area contributed by atoms with Crippen molar-refractivity contribution in [2.45, 2.75) is 31.7 Å². The van der Waals surface area contributed by atoms with Crippen LogP contribution in [0.4, 0.5) is 0 Å². The quantitative estimate of drug-likeness (QED) is 0.771. The standard InChI is InChI=1S/C12H17NO4S/c1-18-6-9(12(16)17)13-10(14)7-4-2-3-5-8(7)11(13)15/h7-9H,2-6H2,1H3,(H,16,17)/t7-,8+,9-/m0/s1. The summed E-state index contributed by atoms with van der Waals surface area (Å²) in [6.07, 6.45) is 5.12. The first-order chi connectivity index (χ1) is 8.57. The normalized spacial score (nSPS) is 29.3. The number of aliphatic carboxylic acids is 1. The Hall–Kier alpha value is -1.04. The molecule has 18 heavy (non-hydrogen) atoms. The number of carboxylic acid groups (broad SMARTS) is 1. The molecule has 0 aromatic carbocycles. The topological polar surface area (TPSA) is 74.7 Å². The number of nitrogens with zero attached hydrogens (tertiary/aromatic N) is 1. The van der Waals surface area contributed by atoms with Crippen molar-refractivity contribution in [3.05, 3.63) is 0 Å². The number of hydrogen-bond donors (Lipinski definition) is 1. The number of amides is 2. The highest BCUT2D eigenvalue weighted by Crippen LogP contribution is 2.39. The molecule has 0 aromatic rings. The molecule has 1 saturated heterocycles. The largest absolute Gasteiger partial charge is 0.480 e. The van der Waals surface area contributed by atoms with Crippen LogP contribution in [0.25, 0.3) is 0 Å². The van der Waals surface area contributed by atoms with E-state index < -0.39 is 12.0 Å². The van der Waals surface area contributed by atoms with Gasteiger partial charge in [-0.2, -0.15) is 11.8 Å². The molecule has 0 spiro atoms. The average Bonchev–Trinajstić information content (AvgIpc) is 2.60. The van der Waals surface area contributed by atoms with Gasteiger partial charge in [-0.05, 0) is 19.1 Å². The molecule has 0 bridgehead atoms. The predicted octanol–water partition coefficient (Wildman–Crippen LogP) is 0.978. The molecule has 1 heterocycles. The van der Waals surface area contributed by atoms with E-state index in [2.05, 4.69) is 0 Å². The van der Waals surface area contributed by atoms with Gasteiger partial charge in [0.1, 0.15) is 6.04 Å². The van der Waals surface area contributed by atoms with E-state index >= 15 is 0 Å². The highest BCUT2D eigenvalue weighted by molar-refractivity contribution is 7.98. The molecule has 2 fully saturated rings. The minimum Gasteiger partial charge on any atom is -0.480 e. The fourth-order valence-corrected chi connectivity index (χ4v) is 3.52. The van der Waals surface area contributed by atoms with Crippen LogP contribution in [0.2, 0.25) is 0 Å². The van der Waals surface area contributed by atoms with E-state index in [0.29, 0.717) is 0 Å². The van der Waals surface area contributed by atoms with Crippen molar-refractivity contribution >= 4 is 29.5 Å². The summed E-state index contributed by atoms with van der Waals surface area (Å²) < 4.78 is 0. The van der Waals surface area contributed by atoms with Crippen LogP contribution in [-0.4, -0.2) is 45.8 Å². The lowest BCUT2D eigenvalue weighted by molar-refractivity contribution is -0.154. The van der Waals surface area contributed by atoms with E-state index in [0.717, 1.165) is 30.6 Å². The Kier molecular flexibility index (Phi) is 3.94. The number of thioether (sulfide) groups is 1. The van der Waals surface area contributed by atoms with Crippen LogP contribution in [0.15, 0.2) is 0 Å². The van der Waals surface area contributed by atoms with Crippen LogP contribution in [0, 0.1) is 11.8 Å². The Morgan fingerprint density at radius 1 is 1.33 bits per heavy atom. The maximum absolute atomic E-state index is 12.2. The molecule has 2 amide bonds. The van der Waals surface area contributed by atoms with E-state index in [4.69, 9.17) is 0 Å². The monoisotopic (exact) mass is 271 g/mol. The molecule has 1 aliphatic heterocycles. The summed E-state index contributed by atoms with van der Waals surface area (Å²) in [7, 11) is 0. The maximum atomic E-state index is 12.2. The molecule has 2 rings (SSSR count). The summed E-state index contributed by atoms with van der Waals surface area (Å²) >= 11 is 1.34. The summed E-state index contributed by atoms with van der Waals surface area (Å²) in [6.45, 7) is 0. The molecule has 0 unspecified atom stereocenters. The fourth-order valence-electron chi connectivity index (χ4n) is 2.91. The number of rotatable bonds is 4. The Bertz CT molecular complexity index is 360. The summed E-state index contributed by atoms with van der Waals surface area (Å²) in [5.74, 6) is -1.92. The molecule has 6 heteroatoms. The van der Waals surface area contributed by atoms with E-state index in [1.54, 1.807) is 6.26 Å². The van der Waals surface area contributed by atoms with Gasteiger partial charge in [-0.3, -0.25) is 14.5 Å². The first kappa shape index (κ1) is 13.4. The van der Waals surface area contributed by atoms with Crippen LogP contribution in [0.3, 0.4) is 0 Å². The lowest BCUT2D eigenvalue weighted by Crippen LogP contribution is -2.47. The molecule has 1 saturated carbocycles. The summed E-state index contributed by atoms with van der Waals surface area (Å²) in [5, 5.41) is 9.17. The summed E-state index contributed by atoms with van der Waals surface area (Å²) in [5.41, 5.74) is 0. The molecule has 5 nitrogen and oxygen atoms in total. The maximum Gasteiger partial charge on any atom is 0.327 e. The molecular weight excluding hydrogens is 254 g/mol. The van der Waals surface area contributed by atoms with Gasteiger partial charge in [0.25, 0.3) is 0 Å². The third-order valence-electron chi connectivity index (χ3n) is 3.80. The molecule has 1 aliphatic carbocycles. The molecule has 1 N–H and O–H groups in total. The van der Waals surface area contributed by atoms with Crippen LogP contribution < -0.4 is 0 Å². The zero-order chi connectivity index (χ0) is 13.3. The van der Waals surface area contributed by atoms with Crippen molar-refractivity contribution in [2.24, 2.45) is 11.8 Å². The van der Waals surface area contributed by atoms with E-state index in [1.807, 2.05) is 0 Å². The third kappa shape index (κ3) is 2.13. The second-order valence-corrected chi connectivity index (χ2v) is 5.76. The highest BCUT2D eigenvalue weighted by atomic mass is 32.2.